The Kier molecular flexibility index (Phi) is 3.65. The van der Waals surface area contributed by atoms with Gasteiger partial charge in [0, 0.05) is 26.1 Å². The van der Waals surface area contributed by atoms with Crippen LogP contribution in [0.4, 0.5) is 0 Å². The lowest BCUT2D eigenvalue weighted by molar-refractivity contribution is -0.280. The molecule has 0 aliphatic rings. The molecular weight excluding hydrogens is 260 g/mol. The molecule has 0 bridgehead atoms. The fourth-order valence-corrected chi connectivity index (χ4v) is 1.99. The standard InChI is InChI=1S/C14H16N2O4/c1-15-12(17)11(13(18)16(2)14(15)19)8-9-4-6-10(20-3)7-5-9/h4-7,17H,8H2,1-3H3/p-1. The van der Waals surface area contributed by atoms with E-state index in [0.717, 1.165) is 14.7 Å². The molecule has 0 saturated carbocycles. The van der Waals surface area contributed by atoms with Gasteiger partial charge in [0.25, 0.3) is 5.56 Å². The number of benzene rings is 1. The maximum atomic E-state index is 12.0. The number of hydrogen-bond donors (Lipinski definition) is 0. The van der Waals surface area contributed by atoms with Gasteiger partial charge in [0.1, 0.15) is 5.75 Å². The van der Waals surface area contributed by atoms with Gasteiger partial charge in [-0.1, -0.05) is 12.1 Å². The van der Waals surface area contributed by atoms with Crippen LogP contribution in [-0.2, 0) is 20.5 Å². The molecule has 0 saturated heterocycles. The average molecular weight is 275 g/mol. The van der Waals surface area contributed by atoms with Crippen LogP contribution in [0.25, 0.3) is 0 Å². The van der Waals surface area contributed by atoms with Gasteiger partial charge in [-0.3, -0.25) is 9.36 Å². The van der Waals surface area contributed by atoms with E-state index < -0.39 is 17.1 Å². The molecule has 0 amide bonds. The van der Waals surface area contributed by atoms with Crippen molar-refractivity contribution >= 4 is 0 Å². The van der Waals surface area contributed by atoms with Crippen molar-refractivity contribution in [2.45, 2.75) is 6.42 Å². The van der Waals surface area contributed by atoms with Crippen LogP contribution in [0.3, 0.4) is 0 Å². The minimum absolute atomic E-state index is 0.0831. The van der Waals surface area contributed by atoms with Crippen LogP contribution in [0.15, 0.2) is 33.9 Å². The summed E-state index contributed by atoms with van der Waals surface area (Å²) in [7, 11) is 4.29. The summed E-state index contributed by atoms with van der Waals surface area (Å²) in [5, 5.41) is 12.0. The zero-order valence-corrected chi connectivity index (χ0v) is 11.5. The van der Waals surface area contributed by atoms with Crippen molar-refractivity contribution < 1.29 is 9.84 Å². The van der Waals surface area contributed by atoms with Gasteiger partial charge in [0.2, 0.25) is 0 Å². The van der Waals surface area contributed by atoms with Crippen LogP contribution in [-0.4, -0.2) is 16.2 Å². The minimum Gasteiger partial charge on any atom is -0.860 e. The third-order valence-corrected chi connectivity index (χ3v) is 3.24. The fourth-order valence-electron chi connectivity index (χ4n) is 1.99. The molecule has 6 nitrogen and oxygen atoms in total. The van der Waals surface area contributed by atoms with Crippen LogP contribution >= 0.6 is 0 Å². The Bertz CT molecular complexity index is 741. The van der Waals surface area contributed by atoms with E-state index in [1.54, 1.807) is 31.4 Å². The molecule has 0 radical (unpaired) electrons. The van der Waals surface area contributed by atoms with E-state index in [1.165, 1.54) is 14.1 Å². The van der Waals surface area contributed by atoms with Gasteiger partial charge < -0.3 is 14.4 Å². The molecule has 0 fully saturated rings. The van der Waals surface area contributed by atoms with Gasteiger partial charge in [-0.05, 0) is 23.6 Å². The van der Waals surface area contributed by atoms with Gasteiger partial charge in [0.05, 0.1) is 7.11 Å². The van der Waals surface area contributed by atoms with Crippen molar-refractivity contribution in [3.63, 3.8) is 0 Å². The summed E-state index contributed by atoms with van der Waals surface area (Å²) in [4.78, 5) is 23.6. The molecular formula is C14H15N2O4-. The third kappa shape index (κ3) is 2.32. The highest BCUT2D eigenvalue weighted by Gasteiger charge is 2.10. The monoisotopic (exact) mass is 275 g/mol. The molecule has 1 aromatic carbocycles. The number of nitrogens with zero attached hydrogens (tertiary/aromatic N) is 2. The molecule has 0 aliphatic heterocycles. The third-order valence-electron chi connectivity index (χ3n) is 3.24. The Hall–Kier alpha value is -2.50. The number of ether oxygens (including phenoxy) is 1. The van der Waals surface area contributed by atoms with Crippen LogP contribution in [0, 0.1) is 0 Å². The zero-order chi connectivity index (χ0) is 14.9. The summed E-state index contributed by atoms with van der Waals surface area (Å²) in [6, 6.07) is 7.07. The highest BCUT2D eigenvalue weighted by Crippen LogP contribution is 2.16. The van der Waals surface area contributed by atoms with Crippen molar-refractivity contribution in [3.05, 3.63) is 56.2 Å². The van der Waals surface area contributed by atoms with E-state index in [1.807, 2.05) is 0 Å². The summed E-state index contributed by atoms with van der Waals surface area (Å²) >= 11 is 0. The first kappa shape index (κ1) is 13.9. The van der Waals surface area contributed by atoms with Gasteiger partial charge in [-0.25, -0.2) is 4.79 Å². The van der Waals surface area contributed by atoms with Gasteiger partial charge in [0.15, 0.2) is 0 Å². The molecule has 0 aliphatic carbocycles. The largest absolute Gasteiger partial charge is 0.860 e. The molecule has 20 heavy (non-hydrogen) atoms. The fraction of sp³-hybridized carbons (Fsp3) is 0.286. The highest BCUT2D eigenvalue weighted by molar-refractivity contribution is 5.33. The van der Waals surface area contributed by atoms with E-state index in [-0.39, 0.29) is 12.0 Å². The van der Waals surface area contributed by atoms with Crippen LogP contribution < -0.4 is 21.1 Å². The van der Waals surface area contributed by atoms with Crippen LogP contribution in [0.2, 0.25) is 0 Å². The van der Waals surface area contributed by atoms with Crippen molar-refractivity contribution in [2.75, 3.05) is 7.11 Å². The lowest BCUT2D eigenvalue weighted by atomic mass is 10.1. The van der Waals surface area contributed by atoms with Crippen LogP contribution in [0.5, 0.6) is 11.6 Å². The van der Waals surface area contributed by atoms with Crippen molar-refractivity contribution in [1.82, 2.24) is 9.13 Å². The second kappa shape index (κ2) is 5.24. The molecule has 6 heteroatoms. The van der Waals surface area contributed by atoms with Crippen molar-refractivity contribution in [3.8, 4) is 11.6 Å². The highest BCUT2D eigenvalue weighted by atomic mass is 16.5. The summed E-state index contributed by atoms with van der Waals surface area (Å²) in [5.74, 6) is 0.151. The molecule has 0 N–H and O–H groups in total. The van der Waals surface area contributed by atoms with E-state index in [9.17, 15) is 14.7 Å². The maximum absolute atomic E-state index is 12.0. The van der Waals surface area contributed by atoms with E-state index >= 15 is 0 Å². The predicted octanol–water partition coefficient (Wildman–Crippen LogP) is -0.243. The topological polar surface area (TPSA) is 76.3 Å². The van der Waals surface area contributed by atoms with E-state index in [4.69, 9.17) is 4.74 Å². The summed E-state index contributed by atoms with van der Waals surface area (Å²) in [6.07, 6.45) is 0.184. The van der Waals surface area contributed by atoms with Crippen LogP contribution in [0.1, 0.15) is 11.1 Å². The maximum Gasteiger partial charge on any atom is 0.329 e. The second-order valence-electron chi connectivity index (χ2n) is 4.51. The zero-order valence-electron chi connectivity index (χ0n) is 11.5. The second-order valence-corrected chi connectivity index (χ2v) is 4.51. The Labute approximate surface area is 115 Å². The van der Waals surface area contributed by atoms with Crippen molar-refractivity contribution in [2.24, 2.45) is 14.1 Å². The first-order chi connectivity index (χ1) is 9.45. The Morgan fingerprint density at radius 1 is 1.10 bits per heavy atom. The molecule has 0 atom stereocenters. The SMILES string of the molecule is COc1ccc(Cc2c([O-])n(C)c(=O)n(C)c2=O)cc1. The molecule has 1 heterocycles. The van der Waals surface area contributed by atoms with Gasteiger partial charge in [-0.15, -0.1) is 0 Å². The molecule has 2 aromatic rings. The lowest BCUT2D eigenvalue weighted by Crippen LogP contribution is -2.40. The smallest absolute Gasteiger partial charge is 0.329 e. The normalized spacial score (nSPS) is 10.6. The molecule has 0 spiro atoms. The summed E-state index contributed by atoms with van der Waals surface area (Å²) < 4.78 is 6.94. The predicted molar refractivity (Wildman–Crippen MR) is 72.2 cm³/mol. The van der Waals surface area contributed by atoms with E-state index in [0.29, 0.717) is 5.75 Å². The molecule has 106 valence electrons. The number of methoxy groups -OCH3 is 1. The van der Waals surface area contributed by atoms with Gasteiger partial charge >= 0.3 is 5.69 Å². The first-order valence-corrected chi connectivity index (χ1v) is 6.04. The molecule has 1 aromatic heterocycles. The first-order valence-electron chi connectivity index (χ1n) is 6.04. The Balaban J connectivity index is 2.48. The molecule has 0 unspecified atom stereocenters. The minimum atomic E-state index is -0.613. The summed E-state index contributed by atoms with van der Waals surface area (Å²) in [6.45, 7) is 0. The number of rotatable bonds is 3. The summed E-state index contributed by atoms with van der Waals surface area (Å²) in [5.41, 5.74) is -0.272. The molecule has 2 rings (SSSR count). The quantitative estimate of drug-likeness (QED) is 0.774. The van der Waals surface area contributed by atoms with Crippen molar-refractivity contribution in [1.29, 1.82) is 0 Å². The van der Waals surface area contributed by atoms with E-state index in [2.05, 4.69) is 0 Å². The number of hydrogen-bond acceptors (Lipinski definition) is 4. The number of aromatic nitrogens is 2. The van der Waals surface area contributed by atoms with Gasteiger partial charge in [-0.2, -0.15) is 0 Å². The average Bonchev–Trinajstić information content (AvgIpc) is 2.48. The lowest BCUT2D eigenvalue weighted by Gasteiger charge is -2.18. The Morgan fingerprint density at radius 2 is 1.70 bits per heavy atom. The Morgan fingerprint density at radius 3 is 2.25 bits per heavy atom.